The lowest BCUT2D eigenvalue weighted by molar-refractivity contribution is 0.0188. The van der Waals surface area contributed by atoms with Crippen LogP contribution >= 0.6 is 0 Å². The van der Waals surface area contributed by atoms with Crippen molar-refractivity contribution in [2.24, 2.45) is 5.92 Å². The molecule has 2 atom stereocenters. The van der Waals surface area contributed by atoms with Crippen LogP contribution in [0.25, 0.3) is 0 Å². The van der Waals surface area contributed by atoms with Gasteiger partial charge in [0, 0.05) is 13.2 Å². The molecule has 0 radical (unpaired) electrons. The Bertz CT molecular complexity index is 102. The van der Waals surface area contributed by atoms with Gasteiger partial charge in [0.25, 0.3) is 0 Å². The number of ether oxygens (including phenoxy) is 2. The minimum absolute atomic E-state index is 0.422. The first-order valence-corrected chi connectivity index (χ1v) is 4.14. The van der Waals surface area contributed by atoms with Crippen molar-refractivity contribution < 1.29 is 9.47 Å². The molecule has 2 bridgehead atoms. The average Bonchev–Trinajstić information content (AvgIpc) is 2.30. The van der Waals surface area contributed by atoms with E-state index < -0.39 is 0 Å². The predicted molar refractivity (Wildman–Crippen MR) is 37.9 cm³/mol. The van der Waals surface area contributed by atoms with E-state index in [-0.39, 0.29) is 0 Å². The van der Waals surface area contributed by atoms with Crippen molar-refractivity contribution in [1.29, 1.82) is 0 Å². The molecule has 0 aromatic carbocycles. The van der Waals surface area contributed by atoms with Crippen molar-refractivity contribution in [2.45, 2.75) is 25.4 Å². The summed E-state index contributed by atoms with van der Waals surface area (Å²) >= 11 is 0. The zero-order valence-electron chi connectivity index (χ0n) is 6.21. The molecule has 2 unspecified atom stereocenters. The Kier molecular flexibility index (Phi) is 1.91. The number of rotatable bonds is 0. The highest BCUT2D eigenvalue weighted by Gasteiger charge is 2.26. The van der Waals surface area contributed by atoms with Crippen LogP contribution in [0.1, 0.15) is 19.3 Å². The van der Waals surface area contributed by atoms with Crippen LogP contribution in [0.5, 0.6) is 0 Å². The van der Waals surface area contributed by atoms with Gasteiger partial charge in [-0.1, -0.05) is 0 Å². The van der Waals surface area contributed by atoms with Crippen LogP contribution in [0.15, 0.2) is 0 Å². The monoisotopic (exact) mass is 142 g/mol. The molecule has 58 valence electrons. The summed E-state index contributed by atoms with van der Waals surface area (Å²) in [6.45, 7) is 2.75. The fraction of sp³-hybridized carbons (Fsp3) is 1.00. The third-order valence-electron chi connectivity index (χ3n) is 2.37. The summed E-state index contributed by atoms with van der Waals surface area (Å²) in [7, 11) is 0. The maximum atomic E-state index is 5.51. The third-order valence-corrected chi connectivity index (χ3v) is 2.37. The molecule has 2 nitrogen and oxygen atoms in total. The summed E-state index contributed by atoms with van der Waals surface area (Å²) in [4.78, 5) is 0. The number of hydrogen-bond acceptors (Lipinski definition) is 2. The van der Waals surface area contributed by atoms with E-state index in [4.69, 9.17) is 9.47 Å². The standard InChI is InChI=1S/C8H14O2/c1-2-7-4-8(10-5-7)6-9-3-1/h7-8H,1-6H2. The van der Waals surface area contributed by atoms with Crippen molar-refractivity contribution in [1.82, 2.24) is 0 Å². The van der Waals surface area contributed by atoms with Gasteiger partial charge in [-0.2, -0.15) is 0 Å². The van der Waals surface area contributed by atoms with Crippen molar-refractivity contribution in [3.8, 4) is 0 Å². The first-order chi connectivity index (χ1) is 4.95. The SMILES string of the molecule is C1COCC2CC(C1)CO2. The smallest absolute Gasteiger partial charge is 0.0812 e. The summed E-state index contributed by atoms with van der Waals surface area (Å²) in [5.74, 6) is 0.842. The van der Waals surface area contributed by atoms with Crippen LogP contribution in [0, 0.1) is 5.92 Å². The van der Waals surface area contributed by atoms with Gasteiger partial charge in [-0.25, -0.2) is 0 Å². The fourth-order valence-electron chi connectivity index (χ4n) is 1.79. The second-order valence-corrected chi connectivity index (χ2v) is 3.27. The van der Waals surface area contributed by atoms with E-state index >= 15 is 0 Å². The highest BCUT2D eigenvalue weighted by atomic mass is 16.5. The largest absolute Gasteiger partial charge is 0.379 e. The van der Waals surface area contributed by atoms with E-state index in [9.17, 15) is 0 Å². The van der Waals surface area contributed by atoms with Crippen molar-refractivity contribution in [2.75, 3.05) is 19.8 Å². The normalized spacial score (nSPS) is 40.8. The molecule has 0 aliphatic carbocycles. The highest BCUT2D eigenvalue weighted by Crippen LogP contribution is 2.25. The molecular formula is C8H14O2. The van der Waals surface area contributed by atoms with Gasteiger partial charge >= 0.3 is 0 Å². The van der Waals surface area contributed by atoms with Gasteiger partial charge in [0.2, 0.25) is 0 Å². The van der Waals surface area contributed by atoms with Gasteiger partial charge in [0.1, 0.15) is 0 Å². The fourth-order valence-corrected chi connectivity index (χ4v) is 1.79. The molecular weight excluding hydrogens is 128 g/mol. The van der Waals surface area contributed by atoms with Crippen LogP contribution in [0.4, 0.5) is 0 Å². The predicted octanol–water partition coefficient (Wildman–Crippen LogP) is 1.20. The summed E-state index contributed by atoms with van der Waals surface area (Å²) < 4.78 is 10.9. The number of fused-ring (bicyclic) bond motifs is 2. The second-order valence-electron chi connectivity index (χ2n) is 3.27. The molecule has 10 heavy (non-hydrogen) atoms. The summed E-state index contributed by atoms with van der Waals surface area (Å²) in [6.07, 6.45) is 4.18. The summed E-state index contributed by atoms with van der Waals surface area (Å²) in [5, 5.41) is 0. The van der Waals surface area contributed by atoms with E-state index in [1.807, 2.05) is 0 Å². The average molecular weight is 142 g/mol. The molecule has 2 heterocycles. The molecule has 2 saturated heterocycles. The zero-order valence-corrected chi connectivity index (χ0v) is 6.21. The molecule has 0 amide bonds. The maximum Gasteiger partial charge on any atom is 0.0812 e. The Morgan fingerprint density at radius 2 is 2.20 bits per heavy atom. The van der Waals surface area contributed by atoms with Gasteiger partial charge in [0.05, 0.1) is 12.7 Å². The molecule has 0 N–H and O–H groups in total. The van der Waals surface area contributed by atoms with Gasteiger partial charge in [-0.05, 0) is 25.2 Å². The molecule has 2 aliphatic heterocycles. The Morgan fingerprint density at radius 1 is 1.20 bits per heavy atom. The first-order valence-electron chi connectivity index (χ1n) is 4.14. The van der Waals surface area contributed by atoms with E-state index in [1.165, 1.54) is 19.3 Å². The third kappa shape index (κ3) is 1.32. The molecule has 0 saturated carbocycles. The molecule has 2 heteroatoms. The molecule has 0 aromatic heterocycles. The lowest BCUT2D eigenvalue weighted by atomic mass is 9.99. The van der Waals surface area contributed by atoms with Crippen molar-refractivity contribution >= 4 is 0 Å². The zero-order chi connectivity index (χ0) is 6.81. The molecule has 2 fully saturated rings. The van der Waals surface area contributed by atoms with Gasteiger partial charge in [-0.3, -0.25) is 0 Å². The van der Waals surface area contributed by atoms with Crippen LogP contribution in [0.3, 0.4) is 0 Å². The Morgan fingerprint density at radius 3 is 3.20 bits per heavy atom. The lowest BCUT2D eigenvalue weighted by Crippen LogP contribution is -2.16. The second kappa shape index (κ2) is 2.89. The van der Waals surface area contributed by atoms with E-state index in [2.05, 4.69) is 0 Å². The van der Waals surface area contributed by atoms with Crippen molar-refractivity contribution in [3.05, 3.63) is 0 Å². The minimum atomic E-state index is 0.422. The topological polar surface area (TPSA) is 18.5 Å². The van der Waals surface area contributed by atoms with Crippen LogP contribution in [-0.4, -0.2) is 25.9 Å². The summed E-state index contributed by atoms with van der Waals surface area (Å²) in [6, 6.07) is 0. The van der Waals surface area contributed by atoms with E-state index in [0.717, 1.165) is 25.7 Å². The highest BCUT2D eigenvalue weighted by molar-refractivity contribution is 4.74. The summed E-state index contributed by atoms with van der Waals surface area (Å²) in [5.41, 5.74) is 0. The van der Waals surface area contributed by atoms with Crippen molar-refractivity contribution in [3.63, 3.8) is 0 Å². The minimum Gasteiger partial charge on any atom is -0.379 e. The molecule has 0 spiro atoms. The Labute approximate surface area is 61.5 Å². The van der Waals surface area contributed by atoms with E-state index in [0.29, 0.717) is 6.10 Å². The molecule has 2 rings (SSSR count). The van der Waals surface area contributed by atoms with Gasteiger partial charge in [0.15, 0.2) is 0 Å². The Hall–Kier alpha value is -0.0800. The lowest BCUT2D eigenvalue weighted by Gasteiger charge is -2.13. The number of hydrogen-bond donors (Lipinski definition) is 0. The van der Waals surface area contributed by atoms with Crippen LogP contribution in [0.2, 0.25) is 0 Å². The molecule has 2 aliphatic rings. The van der Waals surface area contributed by atoms with Gasteiger partial charge in [-0.15, -0.1) is 0 Å². The first kappa shape index (κ1) is 6.62. The van der Waals surface area contributed by atoms with Crippen LogP contribution < -0.4 is 0 Å². The Balaban J connectivity index is 1.91. The quantitative estimate of drug-likeness (QED) is 0.506. The van der Waals surface area contributed by atoms with E-state index in [1.54, 1.807) is 0 Å². The molecule has 0 aromatic rings. The van der Waals surface area contributed by atoms with Crippen LogP contribution in [-0.2, 0) is 9.47 Å². The maximum absolute atomic E-state index is 5.51. The van der Waals surface area contributed by atoms with Gasteiger partial charge < -0.3 is 9.47 Å².